The van der Waals surface area contributed by atoms with Crippen molar-refractivity contribution < 1.29 is 23.9 Å². The highest BCUT2D eigenvalue weighted by Crippen LogP contribution is 2.73. The first-order valence-electron chi connectivity index (χ1n) is 13.5. The lowest BCUT2D eigenvalue weighted by Gasteiger charge is -2.58. The number of hydrogen-bond donors (Lipinski definition) is 0. The third-order valence-electron chi connectivity index (χ3n) is 10.6. The van der Waals surface area contributed by atoms with Crippen molar-refractivity contribution in [1.82, 2.24) is 0 Å². The fourth-order valence-electron chi connectivity index (χ4n) is 8.81. The maximum absolute atomic E-state index is 12.7. The Bertz CT molecular complexity index is 1140. The number of allylic oxidation sites excluding steroid dienone is 1. The van der Waals surface area contributed by atoms with Crippen LogP contribution in [0, 0.1) is 28.6 Å². The zero-order valence-electron chi connectivity index (χ0n) is 21.8. The molecule has 8 atom stereocenters. The molecule has 0 unspecified atom stereocenters. The summed E-state index contributed by atoms with van der Waals surface area (Å²) in [6.07, 6.45) is 9.84. The molecule has 4 aliphatic carbocycles. The molecule has 36 heavy (non-hydrogen) atoms. The molecule has 0 amide bonds. The van der Waals surface area contributed by atoms with Gasteiger partial charge in [-0.1, -0.05) is 48.9 Å². The summed E-state index contributed by atoms with van der Waals surface area (Å²) < 4.78 is 12.3. The first-order chi connectivity index (χ1) is 17.2. The highest BCUT2D eigenvalue weighted by molar-refractivity contribution is 5.95. The Morgan fingerprint density at radius 1 is 1.06 bits per heavy atom. The number of oxime groups is 1. The summed E-state index contributed by atoms with van der Waals surface area (Å²) in [5.41, 5.74) is 2.72. The quantitative estimate of drug-likeness (QED) is 0.132. The van der Waals surface area contributed by atoms with E-state index < -0.39 is 5.97 Å². The largest absolute Gasteiger partial charge is 0.458 e. The minimum absolute atomic E-state index is 0.0106. The number of ether oxygens (including phenoxy) is 2. The van der Waals surface area contributed by atoms with Gasteiger partial charge in [0.25, 0.3) is 0 Å². The Hall–Kier alpha value is -2.47. The number of fused-ring (bicyclic) bond motifs is 7. The van der Waals surface area contributed by atoms with E-state index in [0.717, 1.165) is 44.2 Å². The van der Waals surface area contributed by atoms with E-state index in [0.29, 0.717) is 23.3 Å². The number of hydrogen-bond acceptors (Lipinski definition) is 6. The van der Waals surface area contributed by atoms with E-state index in [4.69, 9.17) is 14.3 Å². The second-order valence-electron chi connectivity index (χ2n) is 12.2. The van der Waals surface area contributed by atoms with Gasteiger partial charge in [0, 0.05) is 18.8 Å². The van der Waals surface area contributed by atoms with Crippen molar-refractivity contribution in [1.29, 1.82) is 0 Å². The smallest absolute Gasteiger partial charge is 0.338 e. The highest BCUT2D eigenvalue weighted by Gasteiger charge is 2.78. The summed E-state index contributed by atoms with van der Waals surface area (Å²) in [5.74, 6) is 1.22. The van der Waals surface area contributed by atoms with Crippen LogP contribution in [0.3, 0.4) is 0 Å². The number of carbonyl (C=O) groups is 2. The number of carbonyl (C=O) groups excluding carboxylic acids is 2. The van der Waals surface area contributed by atoms with Gasteiger partial charge in [-0.2, -0.15) is 0 Å². The molecule has 4 fully saturated rings. The number of epoxide rings is 1. The minimum atomic E-state index is -0.394. The molecule has 3 saturated carbocycles. The Balaban J connectivity index is 1.20. The van der Waals surface area contributed by atoms with Crippen LogP contribution in [0.2, 0.25) is 0 Å². The molecule has 1 aliphatic heterocycles. The third-order valence-corrected chi connectivity index (χ3v) is 10.6. The first kappa shape index (κ1) is 23.9. The van der Waals surface area contributed by atoms with Gasteiger partial charge >= 0.3 is 11.9 Å². The average molecular weight is 492 g/mol. The fraction of sp³-hybridized carbons (Fsp3) is 0.633. The molecule has 0 aromatic heterocycles. The molecule has 1 aromatic carbocycles. The van der Waals surface area contributed by atoms with Crippen LogP contribution in [0.4, 0.5) is 0 Å². The zero-order valence-corrected chi connectivity index (χ0v) is 21.8. The minimum Gasteiger partial charge on any atom is -0.458 e. The van der Waals surface area contributed by atoms with Gasteiger partial charge in [-0.05, 0) is 80.8 Å². The van der Waals surface area contributed by atoms with Crippen molar-refractivity contribution in [2.75, 3.05) is 0 Å². The number of esters is 1. The lowest BCUT2D eigenvalue weighted by Crippen LogP contribution is -2.54. The van der Waals surface area contributed by atoms with E-state index in [1.165, 1.54) is 18.9 Å². The Morgan fingerprint density at radius 2 is 1.83 bits per heavy atom. The van der Waals surface area contributed by atoms with Crippen molar-refractivity contribution in [2.45, 2.75) is 90.4 Å². The van der Waals surface area contributed by atoms with Crippen LogP contribution < -0.4 is 0 Å². The van der Waals surface area contributed by atoms with Gasteiger partial charge in [-0.25, -0.2) is 9.59 Å². The molecule has 6 rings (SSSR count). The van der Waals surface area contributed by atoms with Crippen LogP contribution in [-0.4, -0.2) is 35.5 Å². The van der Waals surface area contributed by atoms with E-state index in [1.807, 2.05) is 37.3 Å². The van der Waals surface area contributed by atoms with E-state index in [9.17, 15) is 9.59 Å². The van der Waals surface area contributed by atoms with Gasteiger partial charge in [0.05, 0.1) is 17.4 Å². The molecule has 6 nitrogen and oxygen atoms in total. The van der Waals surface area contributed by atoms with E-state index in [-0.39, 0.29) is 34.6 Å². The van der Waals surface area contributed by atoms with Crippen molar-refractivity contribution in [3.05, 3.63) is 47.5 Å². The molecule has 1 heterocycles. The van der Waals surface area contributed by atoms with Crippen molar-refractivity contribution in [3.63, 3.8) is 0 Å². The SMILES string of the molecule is CC(=O)O/N=C(\C)[C@]12O[C@@H]1C[C@@H]1[C@@H]3CC=C4C[C@H](OC(=O)c5ccccc5)CC[C@]4(C)[C@@H]3CC[C@@]12C. The van der Waals surface area contributed by atoms with Crippen LogP contribution >= 0.6 is 0 Å². The highest BCUT2D eigenvalue weighted by atomic mass is 16.7. The maximum atomic E-state index is 12.7. The van der Waals surface area contributed by atoms with Crippen molar-refractivity contribution >= 4 is 17.7 Å². The molecular weight excluding hydrogens is 454 g/mol. The molecular formula is C30H37NO5. The monoisotopic (exact) mass is 491 g/mol. The summed E-state index contributed by atoms with van der Waals surface area (Å²) in [5, 5.41) is 4.18. The van der Waals surface area contributed by atoms with Gasteiger partial charge in [0.15, 0.2) is 0 Å². The summed E-state index contributed by atoms with van der Waals surface area (Å²) in [6.45, 7) is 8.19. The lowest BCUT2D eigenvalue weighted by atomic mass is 9.47. The summed E-state index contributed by atoms with van der Waals surface area (Å²) in [4.78, 5) is 29.0. The molecule has 6 heteroatoms. The lowest BCUT2D eigenvalue weighted by molar-refractivity contribution is -0.141. The van der Waals surface area contributed by atoms with Crippen LogP contribution in [0.15, 0.2) is 47.1 Å². The molecule has 0 bridgehead atoms. The Labute approximate surface area is 213 Å². The number of benzene rings is 1. The van der Waals surface area contributed by atoms with Crippen LogP contribution in [0.25, 0.3) is 0 Å². The Kier molecular flexibility index (Phi) is 5.49. The van der Waals surface area contributed by atoms with Gasteiger partial charge in [0.2, 0.25) is 0 Å². The van der Waals surface area contributed by atoms with Gasteiger partial charge in [-0.15, -0.1) is 0 Å². The molecule has 5 aliphatic rings. The first-order valence-corrected chi connectivity index (χ1v) is 13.5. The van der Waals surface area contributed by atoms with Crippen molar-refractivity contribution in [2.24, 2.45) is 33.7 Å². The molecule has 0 spiro atoms. The normalized spacial score (nSPS) is 42.7. The van der Waals surface area contributed by atoms with Crippen LogP contribution in [0.1, 0.15) is 83.0 Å². The molecule has 0 N–H and O–H groups in total. The third kappa shape index (κ3) is 3.36. The van der Waals surface area contributed by atoms with E-state index in [2.05, 4.69) is 25.1 Å². The van der Waals surface area contributed by atoms with Crippen molar-refractivity contribution in [3.8, 4) is 0 Å². The zero-order chi connectivity index (χ0) is 25.3. The van der Waals surface area contributed by atoms with Crippen LogP contribution in [0.5, 0.6) is 0 Å². The van der Waals surface area contributed by atoms with Gasteiger partial charge in [-0.3, -0.25) is 0 Å². The molecule has 192 valence electrons. The summed E-state index contributed by atoms with van der Waals surface area (Å²) in [6, 6.07) is 9.30. The maximum Gasteiger partial charge on any atom is 0.338 e. The van der Waals surface area contributed by atoms with Gasteiger partial charge < -0.3 is 14.3 Å². The van der Waals surface area contributed by atoms with E-state index in [1.54, 1.807) is 0 Å². The predicted molar refractivity (Wildman–Crippen MR) is 135 cm³/mol. The fourth-order valence-corrected chi connectivity index (χ4v) is 8.81. The van der Waals surface area contributed by atoms with E-state index >= 15 is 0 Å². The molecule has 1 saturated heterocycles. The topological polar surface area (TPSA) is 77.5 Å². The standard InChI is InChI=1S/C30H37NO5/c1-18(31-36-19(2)32)30-26(35-30)17-25-23-11-10-21-16-22(34-27(33)20-8-6-5-7-9-20)12-14-28(21,3)24(23)13-15-29(25,30)4/h5-10,22-26H,11-17H2,1-4H3/b31-18+/t22-,23-,24-,25-,26-,28+,29+,30+/m1/s1. The summed E-state index contributed by atoms with van der Waals surface area (Å²) >= 11 is 0. The second kappa shape index (κ2) is 8.27. The second-order valence-corrected chi connectivity index (χ2v) is 12.2. The Morgan fingerprint density at radius 3 is 2.58 bits per heavy atom. The predicted octanol–water partition coefficient (Wildman–Crippen LogP) is 5.86. The summed E-state index contributed by atoms with van der Waals surface area (Å²) in [7, 11) is 0. The number of rotatable bonds is 4. The van der Waals surface area contributed by atoms with Crippen LogP contribution in [-0.2, 0) is 19.1 Å². The van der Waals surface area contributed by atoms with Gasteiger partial charge in [0.1, 0.15) is 11.7 Å². The molecule has 0 radical (unpaired) electrons. The molecule has 1 aromatic rings. The average Bonchev–Trinajstić information content (AvgIpc) is 3.54. The number of nitrogens with zero attached hydrogens (tertiary/aromatic N) is 1.